The summed E-state index contributed by atoms with van der Waals surface area (Å²) in [5, 5.41) is 0. The lowest BCUT2D eigenvalue weighted by Gasteiger charge is -2.06. The fraction of sp³-hybridized carbons (Fsp3) is 0.0556. The second-order valence-electron chi connectivity index (χ2n) is 5.41. The summed E-state index contributed by atoms with van der Waals surface area (Å²) in [5.41, 5.74) is 11.4. The van der Waals surface area contributed by atoms with E-state index in [4.69, 9.17) is 10.7 Å². The smallest absolute Gasteiger partial charge is 0.220 e. The molecule has 0 atom stereocenters. The summed E-state index contributed by atoms with van der Waals surface area (Å²) in [6.45, 7) is 2.07. The number of fused-ring (bicyclic) bond motifs is 1. The van der Waals surface area contributed by atoms with Gasteiger partial charge >= 0.3 is 0 Å². The Morgan fingerprint density at radius 1 is 1.00 bits per heavy atom. The number of nitrogen functional groups attached to an aromatic ring is 1. The van der Waals surface area contributed by atoms with Crippen LogP contribution >= 0.6 is 0 Å². The first-order valence-electron chi connectivity index (χ1n) is 7.35. The van der Waals surface area contributed by atoms with E-state index in [1.54, 1.807) is 6.20 Å². The third-order valence-corrected chi connectivity index (χ3v) is 3.74. The summed E-state index contributed by atoms with van der Waals surface area (Å²) in [5.74, 6) is 0.253. The highest BCUT2D eigenvalue weighted by Crippen LogP contribution is 2.32. The normalized spacial score (nSPS) is 11.0. The molecule has 0 bridgehead atoms. The van der Waals surface area contributed by atoms with Crippen molar-refractivity contribution in [1.82, 2.24) is 19.4 Å². The zero-order valence-corrected chi connectivity index (χ0v) is 12.6. The third kappa shape index (κ3) is 2.32. The Kier molecular flexibility index (Phi) is 3.05. The fourth-order valence-corrected chi connectivity index (χ4v) is 2.74. The first-order chi connectivity index (χ1) is 11.2. The van der Waals surface area contributed by atoms with E-state index in [0.717, 1.165) is 28.3 Å². The summed E-state index contributed by atoms with van der Waals surface area (Å²) >= 11 is 0. The first-order valence-corrected chi connectivity index (χ1v) is 7.35. The number of pyridine rings is 1. The monoisotopic (exact) mass is 301 g/mol. The van der Waals surface area contributed by atoms with Crippen LogP contribution < -0.4 is 5.73 Å². The van der Waals surface area contributed by atoms with Crippen molar-refractivity contribution >= 4 is 11.6 Å². The zero-order chi connectivity index (χ0) is 15.8. The van der Waals surface area contributed by atoms with E-state index in [9.17, 15) is 0 Å². The highest BCUT2D eigenvalue weighted by atomic mass is 15.1. The topological polar surface area (TPSA) is 69.1 Å². The molecule has 0 aliphatic rings. The maximum atomic E-state index is 5.77. The van der Waals surface area contributed by atoms with E-state index in [1.807, 2.05) is 40.9 Å². The van der Waals surface area contributed by atoms with Gasteiger partial charge in [-0.15, -0.1) is 0 Å². The van der Waals surface area contributed by atoms with Gasteiger partial charge in [0.15, 0.2) is 0 Å². The number of anilines is 1. The average molecular weight is 301 g/mol. The second kappa shape index (κ2) is 5.21. The Morgan fingerprint density at radius 2 is 1.91 bits per heavy atom. The highest BCUT2D eigenvalue weighted by Gasteiger charge is 2.17. The molecule has 0 saturated carbocycles. The summed E-state index contributed by atoms with van der Waals surface area (Å²) in [6.07, 6.45) is 3.65. The summed E-state index contributed by atoms with van der Waals surface area (Å²) in [6, 6.07) is 16.1. The van der Waals surface area contributed by atoms with Crippen LogP contribution in [0.15, 0.2) is 60.9 Å². The molecule has 1 aromatic carbocycles. The lowest BCUT2D eigenvalue weighted by molar-refractivity contribution is 1.14. The number of aryl methyl sites for hydroxylation is 1. The van der Waals surface area contributed by atoms with E-state index in [-0.39, 0.29) is 5.95 Å². The number of benzene rings is 1. The number of hydrogen-bond donors (Lipinski definition) is 1. The minimum absolute atomic E-state index is 0.253. The summed E-state index contributed by atoms with van der Waals surface area (Å²) < 4.78 is 2.03. The van der Waals surface area contributed by atoms with Gasteiger partial charge in [0, 0.05) is 18.0 Å². The second-order valence-corrected chi connectivity index (χ2v) is 5.41. The van der Waals surface area contributed by atoms with Crippen LogP contribution in [-0.2, 0) is 0 Å². The standard InChI is InChI=1S/C18H15N5/c1-12-5-4-6-13(11-12)16-17(14-8-9-20-18(19)21-14)23-10-3-2-7-15(23)22-16/h2-11H,1H3,(H2,19,20,21). The maximum Gasteiger partial charge on any atom is 0.220 e. The van der Waals surface area contributed by atoms with Crippen LogP contribution in [0.2, 0.25) is 0 Å². The molecule has 0 amide bonds. The predicted octanol–water partition coefficient (Wildman–Crippen LogP) is 3.35. The van der Waals surface area contributed by atoms with Crippen LogP contribution in [-0.4, -0.2) is 19.4 Å². The largest absolute Gasteiger partial charge is 0.368 e. The molecule has 0 aliphatic heterocycles. The molecule has 3 heterocycles. The Morgan fingerprint density at radius 3 is 2.74 bits per heavy atom. The predicted molar refractivity (Wildman–Crippen MR) is 90.8 cm³/mol. The number of imidazole rings is 1. The molecule has 0 saturated heterocycles. The quantitative estimate of drug-likeness (QED) is 0.616. The van der Waals surface area contributed by atoms with Gasteiger partial charge in [-0.1, -0.05) is 29.8 Å². The van der Waals surface area contributed by atoms with Gasteiger partial charge in [0.05, 0.1) is 17.1 Å². The molecule has 5 nitrogen and oxygen atoms in total. The molecule has 3 aromatic heterocycles. The molecular weight excluding hydrogens is 286 g/mol. The molecule has 112 valence electrons. The van der Waals surface area contributed by atoms with Gasteiger partial charge in [-0.3, -0.25) is 4.40 Å². The molecule has 0 unspecified atom stereocenters. The number of aromatic nitrogens is 4. The van der Waals surface area contributed by atoms with Gasteiger partial charge in [-0.25, -0.2) is 15.0 Å². The molecule has 4 aromatic rings. The van der Waals surface area contributed by atoms with Crippen LogP contribution in [0.4, 0.5) is 5.95 Å². The van der Waals surface area contributed by atoms with E-state index in [0.29, 0.717) is 0 Å². The molecule has 0 radical (unpaired) electrons. The van der Waals surface area contributed by atoms with E-state index in [1.165, 1.54) is 5.56 Å². The molecule has 0 spiro atoms. The van der Waals surface area contributed by atoms with Crippen molar-refractivity contribution in [3.63, 3.8) is 0 Å². The van der Waals surface area contributed by atoms with Gasteiger partial charge in [-0.05, 0) is 31.2 Å². The molecular formula is C18H15N5. The molecule has 0 aliphatic carbocycles. The van der Waals surface area contributed by atoms with Crippen LogP contribution in [0.25, 0.3) is 28.3 Å². The summed E-state index contributed by atoms with van der Waals surface area (Å²) in [7, 11) is 0. The minimum Gasteiger partial charge on any atom is -0.368 e. The van der Waals surface area contributed by atoms with Crippen molar-refractivity contribution in [2.75, 3.05) is 5.73 Å². The number of nitrogens with zero attached hydrogens (tertiary/aromatic N) is 4. The van der Waals surface area contributed by atoms with Crippen LogP contribution in [0.1, 0.15) is 5.56 Å². The Labute approximate surface area is 133 Å². The zero-order valence-electron chi connectivity index (χ0n) is 12.6. The van der Waals surface area contributed by atoms with Crippen molar-refractivity contribution < 1.29 is 0 Å². The van der Waals surface area contributed by atoms with Gasteiger partial charge in [0.25, 0.3) is 0 Å². The molecule has 2 N–H and O–H groups in total. The Hall–Kier alpha value is -3.21. The highest BCUT2D eigenvalue weighted by molar-refractivity contribution is 5.80. The van der Waals surface area contributed by atoms with Crippen LogP contribution in [0.3, 0.4) is 0 Å². The van der Waals surface area contributed by atoms with E-state index < -0.39 is 0 Å². The lowest BCUT2D eigenvalue weighted by atomic mass is 10.1. The van der Waals surface area contributed by atoms with Crippen LogP contribution in [0.5, 0.6) is 0 Å². The van der Waals surface area contributed by atoms with Gasteiger partial charge in [-0.2, -0.15) is 0 Å². The van der Waals surface area contributed by atoms with Crippen molar-refractivity contribution in [2.45, 2.75) is 6.92 Å². The van der Waals surface area contributed by atoms with Crippen molar-refractivity contribution in [3.05, 3.63) is 66.5 Å². The number of nitrogens with two attached hydrogens (primary N) is 1. The van der Waals surface area contributed by atoms with Gasteiger partial charge < -0.3 is 5.73 Å². The molecule has 4 rings (SSSR count). The van der Waals surface area contributed by atoms with Crippen molar-refractivity contribution in [2.24, 2.45) is 0 Å². The minimum atomic E-state index is 0.253. The molecule has 23 heavy (non-hydrogen) atoms. The fourth-order valence-electron chi connectivity index (χ4n) is 2.74. The maximum absolute atomic E-state index is 5.77. The average Bonchev–Trinajstić information content (AvgIpc) is 2.94. The summed E-state index contributed by atoms with van der Waals surface area (Å²) in [4.78, 5) is 13.2. The molecule has 0 fully saturated rings. The number of rotatable bonds is 2. The SMILES string of the molecule is Cc1cccc(-c2nc3ccccn3c2-c2ccnc(N)n2)c1. The van der Waals surface area contributed by atoms with Gasteiger partial charge in [0.1, 0.15) is 5.65 Å². The van der Waals surface area contributed by atoms with Crippen LogP contribution in [0, 0.1) is 6.92 Å². The third-order valence-electron chi connectivity index (χ3n) is 3.74. The van der Waals surface area contributed by atoms with E-state index in [2.05, 4.69) is 35.1 Å². The molecule has 5 heteroatoms. The van der Waals surface area contributed by atoms with Crippen molar-refractivity contribution in [1.29, 1.82) is 0 Å². The van der Waals surface area contributed by atoms with Gasteiger partial charge in [0.2, 0.25) is 5.95 Å². The van der Waals surface area contributed by atoms with E-state index >= 15 is 0 Å². The lowest BCUT2D eigenvalue weighted by Crippen LogP contribution is -1.98. The first kappa shape index (κ1) is 13.5. The Balaban J connectivity index is 2.06. The van der Waals surface area contributed by atoms with Crippen molar-refractivity contribution in [3.8, 4) is 22.6 Å². The number of hydrogen-bond acceptors (Lipinski definition) is 4. The Bertz CT molecular complexity index is 1000.